The van der Waals surface area contributed by atoms with Crippen molar-refractivity contribution in [3.05, 3.63) is 118 Å². The van der Waals surface area contributed by atoms with Crippen molar-refractivity contribution in [2.45, 2.75) is 12.3 Å². The number of nitrogens with one attached hydrogen (secondary N) is 1. The van der Waals surface area contributed by atoms with Crippen LogP contribution in [0.1, 0.15) is 29.0 Å². The molecule has 0 aromatic heterocycles. The summed E-state index contributed by atoms with van der Waals surface area (Å²) in [6, 6.07) is 25.9. The number of allylic oxidation sites excluding steroid dienone is 1. The molecule has 1 aliphatic carbocycles. The number of carbonyl (C=O) groups excluding carboxylic acids is 1. The van der Waals surface area contributed by atoms with Crippen LogP contribution in [0.4, 0.5) is 5.69 Å². The highest BCUT2D eigenvalue weighted by atomic mass is 16.6. The van der Waals surface area contributed by atoms with Crippen LogP contribution in [-0.4, -0.2) is 16.5 Å². The molecule has 6 nitrogen and oxygen atoms in total. The van der Waals surface area contributed by atoms with Gasteiger partial charge in [-0.05, 0) is 36.1 Å². The topological polar surface area (TPSA) is 84.6 Å². The van der Waals surface area contributed by atoms with Gasteiger partial charge in [-0.25, -0.2) is 5.43 Å². The molecule has 1 N–H and O–H groups in total. The average Bonchev–Trinajstić information content (AvgIpc) is 3.61. The van der Waals surface area contributed by atoms with Crippen LogP contribution in [0.3, 0.4) is 0 Å². The number of nitro benzene ring substituents is 1. The van der Waals surface area contributed by atoms with Gasteiger partial charge in [0.1, 0.15) is 0 Å². The molecule has 1 amide bonds. The molecule has 2 atom stereocenters. The van der Waals surface area contributed by atoms with E-state index >= 15 is 0 Å². The van der Waals surface area contributed by atoms with E-state index in [2.05, 4.69) is 10.5 Å². The quantitative estimate of drug-likeness (QED) is 0.340. The van der Waals surface area contributed by atoms with Gasteiger partial charge < -0.3 is 0 Å². The highest BCUT2D eigenvalue weighted by Gasteiger charge is 2.43. The Labute approximate surface area is 180 Å². The Morgan fingerprint density at radius 2 is 1.61 bits per heavy atom. The normalized spacial score (nSPS) is 18.0. The maximum atomic E-state index is 12.6. The molecular weight excluding hydrogens is 390 g/mol. The van der Waals surface area contributed by atoms with E-state index in [0.29, 0.717) is 11.3 Å². The van der Waals surface area contributed by atoms with E-state index in [1.807, 2.05) is 60.7 Å². The third-order valence-corrected chi connectivity index (χ3v) is 5.27. The zero-order valence-electron chi connectivity index (χ0n) is 16.7. The predicted octanol–water partition coefficient (Wildman–Crippen LogP) is 4.93. The second-order valence-corrected chi connectivity index (χ2v) is 7.35. The summed E-state index contributed by atoms with van der Waals surface area (Å²) in [7, 11) is 0. The molecule has 0 saturated heterocycles. The zero-order chi connectivity index (χ0) is 21.6. The van der Waals surface area contributed by atoms with Crippen molar-refractivity contribution >= 4 is 23.4 Å². The van der Waals surface area contributed by atoms with E-state index in [1.54, 1.807) is 30.4 Å². The Bertz CT molecular complexity index is 1140. The Kier molecular flexibility index (Phi) is 5.98. The molecule has 31 heavy (non-hydrogen) atoms. The van der Waals surface area contributed by atoms with E-state index in [1.165, 1.54) is 6.07 Å². The first-order chi connectivity index (χ1) is 15.1. The molecule has 3 aromatic rings. The lowest BCUT2D eigenvalue weighted by molar-refractivity contribution is -0.385. The minimum absolute atomic E-state index is 0.0129. The van der Waals surface area contributed by atoms with Gasteiger partial charge in [0, 0.05) is 17.5 Å². The van der Waals surface area contributed by atoms with Crippen LogP contribution in [-0.2, 0) is 4.79 Å². The lowest BCUT2D eigenvalue weighted by atomic mass is 10.1. The monoisotopic (exact) mass is 411 g/mol. The first-order valence-corrected chi connectivity index (χ1v) is 10.0. The molecule has 3 aromatic carbocycles. The molecule has 6 heteroatoms. The summed E-state index contributed by atoms with van der Waals surface area (Å²) in [5.74, 6) is 0.00262. The fraction of sp³-hybridized carbons (Fsp3) is 0.120. The minimum Gasteiger partial charge on any atom is -0.273 e. The number of nitrogens with zero attached hydrogens (tertiary/aromatic N) is 2. The smallest absolute Gasteiger partial charge is 0.273 e. The summed E-state index contributed by atoms with van der Waals surface area (Å²) >= 11 is 0. The standard InChI is InChI=1S/C25H21N3O3/c29-25(22-17-21(22)18-9-3-1-4-10-18)27-26-23(19-11-5-2-6-12-19)16-15-20-13-7-8-14-24(20)28(30)31/h1-16,21-22H,17H2,(H,27,29)/b16-15+,26-23+/t21-,22-/m1/s1. The number of amides is 1. The Morgan fingerprint density at radius 1 is 0.968 bits per heavy atom. The van der Waals surface area contributed by atoms with Gasteiger partial charge in [-0.2, -0.15) is 5.10 Å². The third kappa shape index (κ3) is 4.93. The molecule has 0 aliphatic heterocycles. The van der Waals surface area contributed by atoms with Crippen molar-refractivity contribution in [2.75, 3.05) is 0 Å². The first kappa shape index (κ1) is 20.2. The van der Waals surface area contributed by atoms with Crippen LogP contribution in [0.2, 0.25) is 0 Å². The number of nitro groups is 1. The minimum atomic E-state index is -0.419. The lowest BCUT2D eigenvalue weighted by Gasteiger charge is -2.04. The van der Waals surface area contributed by atoms with Crippen LogP contribution in [0.5, 0.6) is 0 Å². The third-order valence-electron chi connectivity index (χ3n) is 5.27. The van der Waals surface area contributed by atoms with E-state index < -0.39 is 4.92 Å². The molecule has 0 radical (unpaired) electrons. The maximum Gasteiger partial charge on any atom is 0.276 e. The summed E-state index contributed by atoms with van der Waals surface area (Å²) in [6.07, 6.45) is 4.12. The fourth-order valence-corrected chi connectivity index (χ4v) is 3.52. The summed E-state index contributed by atoms with van der Waals surface area (Å²) < 4.78 is 0. The molecule has 0 bridgehead atoms. The Morgan fingerprint density at radius 3 is 2.32 bits per heavy atom. The van der Waals surface area contributed by atoms with Gasteiger partial charge in [-0.1, -0.05) is 72.8 Å². The predicted molar refractivity (Wildman–Crippen MR) is 121 cm³/mol. The van der Waals surface area contributed by atoms with Crippen molar-refractivity contribution in [3.8, 4) is 0 Å². The van der Waals surface area contributed by atoms with E-state index in [0.717, 1.165) is 17.5 Å². The van der Waals surface area contributed by atoms with Gasteiger partial charge in [-0.3, -0.25) is 14.9 Å². The van der Waals surface area contributed by atoms with Crippen LogP contribution < -0.4 is 5.43 Å². The molecule has 4 rings (SSSR count). The van der Waals surface area contributed by atoms with Gasteiger partial charge >= 0.3 is 0 Å². The number of hydrogen-bond donors (Lipinski definition) is 1. The number of rotatable bonds is 7. The molecule has 1 fully saturated rings. The average molecular weight is 411 g/mol. The first-order valence-electron chi connectivity index (χ1n) is 10.0. The Balaban J connectivity index is 1.53. The number of carbonyl (C=O) groups is 1. The van der Waals surface area contributed by atoms with E-state index in [4.69, 9.17) is 0 Å². The number of para-hydroxylation sites is 1. The second-order valence-electron chi connectivity index (χ2n) is 7.35. The highest BCUT2D eigenvalue weighted by molar-refractivity contribution is 6.11. The summed E-state index contributed by atoms with van der Waals surface area (Å²) in [4.78, 5) is 23.5. The lowest BCUT2D eigenvalue weighted by Crippen LogP contribution is -2.21. The van der Waals surface area contributed by atoms with Gasteiger partial charge in [0.15, 0.2) is 0 Å². The number of benzene rings is 3. The largest absolute Gasteiger partial charge is 0.276 e. The van der Waals surface area contributed by atoms with Crippen LogP contribution in [0.25, 0.3) is 6.08 Å². The maximum absolute atomic E-state index is 12.6. The molecule has 0 spiro atoms. The molecule has 1 saturated carbocycles. The second kappa shape index (κ2) is 9.17. The SMILES string of the molecule is O=C(N/N=C(\C=C\c1ccccc1[N+](=O)[O-])c1ccccc1)[C@@H]1C[C@@H]1c1ccccc1. The molecule has 154 valence electrons. The summed E-state index contributed by atoms with van der Waals surface area (Å²) in [6.45, 7) is 0. The van der Waals surface area contributed by atoms with E-state index in [9.17, 15) is 14.9 Å². The fourth-order valence-electron chi connectivity index (χ4n) is 3.52. The number of hydrazone groups is 1. The Hall–Kier alpha value is -4.06. The van der Waals surface area contributed by atoms with Crippen LogP contribution in [0, 0.1) is 16.0 Å². The van der Waals surface area contributed by atoms with Gasteiger partial charge in [0.2, 0.25) is 5.91 Å². The molecular formula is C25H21N3O3. The number of hydrogen-bond acceptors (Lipinski definition) is 4. The molecule has 0 unspecified atom stereocenters. The molecule has 1 aliphatic rings. The van der Waals surface area contributed by atoms with Crippen molar-refractivity contribution in [1.82, 2.24) is 5.43 Å². The van der Waals surface area contributed by atoms with Crippen molar-refractivity contribution in [1.29, 1.82) is 0 Å². The van der Waals surface area contributed by atoms with Gasteiger partial charge in [-0.15, -0.1) is 0 Å². The van der Waals surface area contributed by atoms with Gasteiger partial charge in [0.25, 0.3) is 5.69 Å². The summed E-state index contributed by atoms with van der Waals surface area (Å²) in [5, 5.41) is 15.6. The molecule has 0 heterocycles. The zero-order valence-corrected chi connectivity index (χ0v) is 16.7. The van der Waals surface area contributed by atoms with Crippen molar-refractivity contribution in [2.24, 2.45) is 11.0 Å². The van der Waals surface area contributed by atoms with Gasteiger partial charge in [0.05, 0.1) is 16.2 Å². The van der Waals surface area contributed by atoms with Crippen molar-refractivity contribution < 1.29 is 9.72 Å². The van der Waals surface area contributed by atoms with Crippen molar-refractivity contribution in [3.63, 3.8) is 0 Å². The van der Waals surface area contributed by atoms with Crippen LogP contribution >= 0.6 is 0 Å². The van der Waals surface area contributed by atoms with Crippen LogP contribution in [0.15, 0.2) is 96.1 Å². The summed E-state index contributed by atoms with van der Waals surface area (Å²) in [5.41, 5.74) is 5.64. The van der Waals surface area contributed by atoms with E-state index in [-0.39, 0.29) is 23.4 Å². The highest BCUT2D eigenvalue weighted by Crippen LogP contribution is 2.47.